The van der Waals surface area contributed by atoms with Gasteiger partial charge >= 0.3 is 0 Å². The highest BCUT2D eigenvalue weighted by atomic mass is 16.2. The monoisotopic (exact) mass is 334 g/mol. The molecule has 1 heterocycles. The zero-order valence-electron chi connectivity index (χ0n) is 14.3. The van der Waals surface area contributed by atoms with Crippen LogP contribution in [0.3, 0.4) is 0 Å². The van der Waals surface area contributed by atoms with E-state index in [9.17, 15) is 9.59 Å². The van der Waals surface area contributed by atoms with E-state index in [1.165, 1.54) is 17.5 Å². The van der Waals surface area contributed by atoms with Crippen LogP contribution in [0.2, 0.25) is 0 Å². The lowest BCUT2D eigenvalue weighted by molar-refractivity contribution is -0.128. The molecule has 0 atom stereocenters. The van der Waals surface area contributed by atoms with Crippen molar-refractivity contribution in [3.05, 3.63) is 64.7 Å². The topological polar surface area (TPSA) is 49.4 Å². The Kier molecular flexibility index (Phi) is 4.26. The SMILES string of the molecule is O=C(Nc1cccc(CN2CCCC2=O)c1)c1ccc2c(c1)CCC2. The quantitative estimate of drug-likeness (QED) is 0.929. The molecule has 4 rings (SSSR count). The summed E-state index contributed by atoms with van der Waals surface area (Å²) in [5, 5.41) is 2.98. The molecule has 1 fully saturated rings. The largest absolute Gasteiger partial charge is 0.338 e. The van der Waals surface area contributed by atoms with Crippen molar-refractivity contribution < 1.29 is 9.59 Å². The Balaban J connectivity index is 1.46. The molecule has 25 heavy (non-hydrogen) atoms. The van der Waals surface area contributed by atoms with Crippen LogP contribution in [-0.4, -0.2) is 23.3 Å². The number of rotatable bonds is 4. The first kappa shape index (κ1) is 15.9. The summed E-state index contributed by atoms with van der Waals surface area (Å²) < 4.78 is 0. The second kappa shape index (κ2) is 6.71. The summed E-state index contributed by atoms with van der Waals surface area (Å²) in [5.41, 5.74) is 5.19. The lowest BCUT2D eigenvalue weighted by atomic mass is 10.1. The minimum atomic E-state index is -0.0795. The zero-order valence-corrected chi connectivity index (χ0v) is 14.3. The van der Waals surface area contributed by atoms with E-state index >= 15 is 0 Å². The van der Waals surface area contributed by atoms with Crippen molar-refractivity contribution in [2.75, 3.05) is 11.9 Å². The minimum absolute atomic E-state index is 0.0795. The van der Waals surface area contributed by atoms with E-state index in [0.717, 1.165) is 37.1 Å². The summed E-state index contributed by atoms with van der Waals surface area (Å²) in [4.78, 5) is 26.2. The van der Waals surface area contributed by atoms with E-state index in [0.29, 0.717) is 18.5 Å². The number of hydrogen-bond acceptors (Lipinski definition) is 2. The van der Waals surface area contributed by atoms with Crippen LogP contribution in [0.25, 0.3) is 0 Å². The number of nitrogens with one attached hydrogen (secondary N) is 1. The van der Waals surface area contributed by atoms with E-state index in [1.807, 2.05) is 41.3 Å². The molecule has 1 aliphatic carbocycles. The molecule has 1 saturated heterocycles. The van der Waals surface area contributed by atoms with E-state index in [2.05, 4.69) is 11.4 Å². The molecule has 128 valence electrons. The lowest BCUT2D eigenvalue weighted by Gasteiger charge is -2.16. The molecule has 4 heteroatoms. The van der Waals surface area contributed by atoms with Gasteiger partial charge in [-0.15, -0.1) is 0 Å². The average molecular weight is 334 g/mol. The molecule has 0 saturated carbocycles. The van der Waals surface area contributed by atoms with Crippen LogP contribution >= 0.6 is 0 Å². The Morgan fingerprint density at radius 1 is 1.00 bits per heavy atom. The predicted octanol–water partition coefficient (Wildman–Crippen LogP) is 3.55. The Hall–Kier alpha value is -2.62. The number of carbonyl (C=O) groups excluding carboxylic acids is 2. The van der Waals surface area contributed by atoms with E-state index < -0.39 is 0 Å². The van der Waals surface area contributed by atoms with Gasteiger partial charge < -0.3 is 10.2 Å². The van der Waals surface area contributed by atoms with Crippen LogP contribution in [0.1, 0.15) is 46.3 Å². The molecular formula is C21H22N2O2. The molecule has 0 bridgehead atoms. The van der Waals surface area contributed by atoms with Gasteiger partial charge in [-0.3, -0.25) is 9.59 Å². The lowest BCUT2D eigenvalue weighted by Crippen LogP contribution is -2.23. The van der Waals surface area contributed by atoms with Crippen molar-refractivity contribution in [1.82, 2.24) is 4.90 Å². The van der Waals surface area contributed by atoms with E-state index in [1.54, 1.807) is 0 Å². The second-order valence-corrected chi connectivity index (χ2v) is 6.91. The molecule has 2 aromatic carbocycles. The van der Waals surface area contributed by atoms with Gasteiger partial charge in [0.2, 0.25) is 5.91 Å². The fourth-order valence-electron chi connectivity index (χ4n) is 3.76. The van der Waals surface area contributed by atoms with Gasteiger partial charge in [0.15, 0.2) is 0 Å². The number of aryl methyl sites for hydroxylation is 2. The van der Waals surface area contributed by atoms with E-state index in [4.69, 9.17) is 0 Å². The first-order valence-corrected chi connectivity index (χ1v) is 8.99. The summed E-state index contributed by atoms with van der Waals surface area (Å²) in [5.74, 6) is 0.136. The van der Waals surface area contributed by atoms with Crippen LogP contribution in [0.4, 0.5) is 5.69 Å². The number of anilines is 1. The smallest absolute Gasteiger partial charge is 0.255 e. The van der Waals surface area contributed by atoms with Crippen molar-refractivity contribution >= 4 is 17.5 Å². The maximum atomic E-state index is 12.5. The van der Waals surface area contributed by atoms with Gasteiger partial charge in [0, 0.05) is 30.8 Å². The van der Waals surface area contributed by atoms with Crippen LogP contribution in [0, 0.1) is 0 Å². The number of amides is 2. The third-order valence-electron chi connectivity index (χ3n) is 5.09. The summed E-state index contributed by atoms with van der Waals surface area (Å²) in [7, 11) is 0. The Morgan fingerprint density at radius 3 is 2.72 bits per heavy atom. The molecular weight excluding hydrogens is 312 g/mol. The van der Waals surface area contributed by atoms with Gasteiger partial charge in [0.1, 0.15) is 0 Å². The summed E-state index contributed by atoms with van der Waals surface area (Å²) in [6.07, 6.45) is 4.95. The zero-order chi connectivity index (χ0) is 17.2. The molecule has 0 unspecified atom stereocenters. The van der Waals surface area contributed by atoms with Gasteiger partial charge in [0.25, 0.3) is 5.91 Å². The minimum Gasteiger partial charge on any atom is -0.338 e. The second-order valence-electron chi connectivity index (χ2n) is 6.91. The molecule has 2 aromatic rings. The maximum Gasteiger partial charge on any atom is 0.255 e. The number of carbonyl (C=O) groups is 2. The third-order valence-corrected chi connectivity index (χ3v) is 5.09. The number of hydrogen-bond donors (Lipinski definition) is 1. The molecule has 2 amide bonds. The summed E-state index contributed by atoms with van der Waals surface area (Å²) in [6, 6.07) is 13.8. The molecule has 2 aliphatic rings. The summed E-state index contributed by atoms with van der Waals surface area (Å²) >= 11 is 0. The predicted molar refractivity (Wildman–Crippen MR) is 97.5 cm³/mol. The Labute approximate surface area is 147 Å². The van der Waals surface area contributed by atoms with Gasteiger partial charge in [-0.1, -0.05) is 18.2 Å². The first-order chi connectivity index (χ1) is 12.2. The molecule has 1 aliphatic heterocycles. The fourth-order valence-corrected chi connectivity index (χ4v) is 3.76. The fraction of sp³-hybridized carbons (Fsp3) is 0.333. The van der Waals surface area contributed by atoms with Crippen LogP contribution in [-0.2, 0) is 24.2 Å². The van der Waals surface area contributed by atoms with Gasteiger partial charge in [-0.2, -0.15) is 0 Å². The highest BCUT2D eigenvalue weighted by Crippen LogP contribution is 2.23. The molecule has 1 N–H and O–H groups in total. The van der Waals surface area contributed by atoms with Crippen molar-refractivity contribution in [3.8, 4) is 0 Å². The number of fused-ring (bicyclic) bond motifs is 1. The number of benzene rings is 2. The van der Waals surface area contributed by atoms with E-state index in [-0.39, 0.29) is 11.8 Å². The Morgan fingerprint density at radius 2 is 1.88 bits per heavy atom. The standard InChI is InChI=1S/C21H22N2O2/c24-20-8-3-11-23(20)14-15-4-1-7-19(12-15)22-21(25)18-10-9-16-5-2-6-17(16)13-18/h1,4,7,9-10,12-13H,2-3,5-6,8,11,14H2,(H,22,25). The van der Waals surface area contributed by atoms with Gasteiger partial charge in [0.05, 0.1) is 0 Å². The number of nitrogens with zero attached hydrogens (tertiary/aromatic N) is 1. The van der Waals surface area contributed by atoms with Gasteiger partial charge in [-0.05, 0) is 66.6 Å². The van der Waals surface area contributed by atoms with Crippen molar-refractivity contribution in [3.63, 3.8) is 0 Å². The molecule has 4 nitrogen and oxygen atoms in total. The normalized spacial score (nSPS) is 16.2. The van der Waals surface area contributed by atoms with Crippen molar-refractivity contribution in [2.24, 2.45) is 0 Å². The highest BCUT2D eigenvalue weighted by molar-refractivity contribution is 6.04. The average Bonchev–Trinajstić information content (AvgIpc) is 3.23. The highest BCUT2D eigenvalue weighted by Gasteiger charge is 2.20. The first-order valence-electron chi connectivity index (χ1n) is 8.99. The van der Waals surface area contributed by atoms with Crippen molar-refractivity contribution in [1.29, 1.82) is 0 Å². The number of likely N-dealkylation sites (tertiary alicyclic amines) is 1. The molecule has 0 spiro atoms. The van der Waals surface area contributed by atoms with Crippen LogP contribution < -0.4 is 5.32 Å². The van der Waals surface area contributed by atoms with Crippen LogP contribution in [0.5, 0.6) is 0 Å². The van der Waals surface area contributed by atoms with Gasteiger partial charge in [-0.25, -0.2) is 0 Å². The van der Waals surface area contributed by atoms with Crippen LogP contribution in [0.15, 0.2) is 42.5 Å². The van der Waals surface area contributed by atoms with Crippen molar-refractivity contribution in [2.45, 2.75) is 38.6 Å². The summed E-state index contributed by atoms with van der Waals surface area (Å²) in [6.45, 7) is 1.44. The Bertz CT molecular complexity index is 828. The molecule has 0 radical (unpaired) electrons. The third kappa shape index (κ3) is 3.43. The molecule has 0 aromatic heterocycles. The maximum absolute atomic E-state index is 12.5.